The molecule has 3 aromatic carbocycles. The van der Waals surface area contributed by atoms with Gasteiger partial charge in [0.05, 0.1) is 5.69 Å². The van der Waals surface area contributed by atoms with Crippen molar-refractivity contribution in [3.05, 3.63) is 71.3 Å². The van der Waals surface area contributed by atoms with Crippen molar-refractivity contribution in [3.8, 4) is 0 Å². The van der Waals surface area contributed by atoms with Crippen LogP contribution in [-0.4, -0.2) is 13.0 Å². The largest absolute Gasteiger partial charge is 0.326 e. The van der Waals surface area contributed by atoms with Gasteiger partial charge in [0.1, 0.15) is 0 Å². The molecule has 0 heterocycles. The van der Waals surface area contributed by atoms with Crippen molar-refractivity contribution in [2.45, 2.75) is 38.0 Å². The van der Waals surface area contributed by atoms with Crippen LogP contribution >= 0.6 is 0 Å². The normalized spacial score (nSPS) is 15.6. The zero-order chi connectivity index (χ0) is 19.8. The van der Waals surface area contributed by atoms with E-state index in [0.717, 1.165) is 11.4 Å². The molecule has 2 aliphatic carbocycles. The summed E-state index contributed by atoms with van der Waals surface area (Å²) in [4.78, 5) is 1.93. The first kappa shape index (κ1) is 18.0. The van der Waals surface area contributed by atoms with Gasteiger partial charge in [0.25, 0.3) is 0 Å². The summed E-state index contributed by atoms with van der Waals surface area (Å²) in [6.07, 6.45) is 11.0. The number of anilines is 2. The van der Waals surface area contributed by atoms with Crippen molar-refractivity contribution < 1.29 is 0 Å². The van der Waals surface area contributed by atoms with E-state index < -0.39 is 0 Å². The Morgan fingerprint density at radius 3 is 2.38 bits per heavy atom. The van der Waals surface area contributed by atoms with Gasteiger partial charge in [-0.3, -0.25) is 5.41 Å². The van der Waals surface area contributed by atoms with E-state index in [9.17, 15) is 0 Å². The maximum atomic E-state index is 8.62. The minimum atomic E-state index is 0.377. The lowest BCUT2D eigenvalue weighted by Gasteiger charge is -2.24. The first-order chi connectivity index (χ1) is 14.2. The predicted octanol–water partition coefficient (Wildman–Crippen LogP) is 6.85. The summed E-state index contributed by atoms with van der Waals surface area (Å²) < 4.78 is 0. The molecular weight excluding hydrogens is 354 g/mol. The smallest absolute Gasteiger partial charge is 0.199 e. The van der Waals surface area contributed by atoms with Gasteiger partial charge in [0.15, 0.2) is 5.96 Å². The number of hydrogen-bond donors (Lipinski definition) is 2. The Balaban J connectivity index is 1.34. The summed E-state index contributed by atoms with van der Waals surface area (Å²) >= 11 is 0. The lowest BCUT2D eigenvalue weighted by Crippen LogP contribution is -2.32. The molecule has 1 fully saturated rings. The molecule has 0 aromatic heterocycles. The van der Waals surface area contributed by atoms with E-state index in [2.05, 4.69) is 72.1 Å². The number of rotatable bonds is 3. The molecule has 0 unspecified atom stereocenters. The summed E-state index contributed by atoms with van der Waals surface area (Å²) in [7, 11) is 1.96. The van der Waals surface area contributed by atoms with Crippen molar-refractivity contribution >= 4 is 40.3 Å². The second-order valence-corrected chi connectivity index (χ2v) is 8.27. The van der Waals surface area contributed by atoms with Crippen LogP contribution in [0.3, 0.4) is 0 Å². The van der Waals surface area contributed by atoms with Crippen LogP contribution < -0.4 is 10.2 Å². The van der Waals surface area contributed by atoms with E-state index in [0.29, 0.717) is 11.9 Å². The van der Waals surface area contributed by atoms with Crippen molar-refractivity contribution in [1.82, 2.24) is 0 Å². The summed E-state index contributed by atoms with van der Waals surface area (Å²) in [6.45, 7) is 0. The molecule has 0 spiro atoms. The number of nitrogens with zero attached hydrogens (tertiary/aromatic N) is 1. The van der Waals surface area contributed by atoms with Gasteiger partial charge in [-0.2, -0.15) is 0 Å². The second kappa shape index (κ2) is 7.40. The molecule has 0 radical (unpaired) electrons. The van der Waals surface area contributed by atoms with Gasteiger partial charge in [-0.25, -0.2) is 0 Å². The van der Waals surface area contributed by atoms with Gasteiger partial charge in [-0.05, 0) is 59.0 Å². The van der Waals surface area contributed by atoms with Crippen LogP contribution in [0, 0.1) is 5.41 Å². The number of nitrogens with one attached hydrogen (secondary N) is 2. The zero-order valence-electron chi connectivity index (χ0n) is 16.9. The molecule has 0 saturated heterocycles. The minimum absolute atomic E-state index is 0.377. The second-order valence-electron chi connectivity index (χ2n) is 8.27. The van der Waals surface area contributed by atoms with E-state index >= 15 is 0 Å². The average molecular weight is 382 g/mol. The highest BCUT2D eigenvalue weighted by molar-refractivity contribution is 6.14. The lowest BCUT2D eigenvalue weighted by atomic mass is 9.84. The van der Waals surface area contributed by atoms with Crippen LogP contribution in [0.1, 0.15) is 54.7 Å². The quantitative estimate of drug-likeness (QED) is 0.301. The summed E-state index contributed by atoms with van der Waals surface area (Å²) in [5.41, 5.74) is 5.96. The van der Waals surface area contributed by atoms with Gasteiger partial charge in [-0.1, -0.05) is 67.8 Å². The third-order valence-corrected chi connectivity index (χ3v) is 6.47. The third kappa shape index (κ3) is 3.31. The number of hydrogen-bond acceptors (Lipinski definition) is 1. The Hall–Kier alpha value is -3.07. The highest BCUT2D eigenvalue weighted by Crippen LogP contribution is 2.37. The Morgan fingerprint density at radius 2 is 1.62 bits per heavy atom. The van der Waals surface area contributed by atoms with Gasteiger partial charge >= 0.3 is 0 Å². The molecule has 0 atom stereocenters. The minimum Gasteiger partial charge on any atom is -0.326 e. The fourth-order valence-electron chi connectivity index (χ4n) is 4.81. The molecular formula is C26H27N3. The first-order valence-corrected chi connectivity index (χ1v) is 10.6. The van der Waals surface area contributed by atoms with Crippen LogP contribution in [0.25, 0.3) is 22.9 Å². The van der Waals surface area contributed by atoms with Crippen LogP contribution in [0.5, 0.6) is 0 Å². The third-order valence-electron chi connectivity index (χ3n) is 6.47. The number of benzene rings is 3. The SMILES string of the molecule is CN(C(=N)Nc1ccc(C2CCCCC2)cc1)c1ccc2c3c(cccc13)C=C2. The lowest BCUT2D eigenvalue weighted by molar-refractivity contribution is 0.443. The number of guanidine groups is 1. The Labute approximate surface area is 172 Å². The molecule has 0 bridgehead atoms. The van der Waals surface area contributed by atoms with E-state index in [1.807, 2.05) is 11.9 Å². The summed E-state index contributed by atoms with van der Waals surface area (Å²) in [5, 5.41) is 14.4. The van der Waals surface area contributed by atoms with Gasteiger partial charge < -0.3 is 10.2 Å². The Morgan fingerprint density at radius 1 is 0.897 bits per heavy atom. The molecule has 0 amide bonds. The molecule has 2 N–H and O–H groups in total. The average Bonchev–Trinajstić information content (AvgIpc) is 3.20. The molecule has 5 rings (SSSR count). The Kier molecular flexibility index (Phi) is 4.59. The molecule has 2 aliphatic rings. The van der Waals surface area contributed by atoms with Crippen molar-refractivity contribution in [2.24, 2.45) is 0 Å². The monoisotopic (exact) mass is 381 g/mol. The fourth-order valence-corrected chi connectivity index (χ4v) is 4.81. The standard InChI is InChI=1S/C26H27N3/c1-29(24-17-14-21-11-10-20-8-5-9-23(24)25(20)21)26(27)28-22-15-12-19(13-16-22)18-6-3-2-4-7-18/h5,8-18H,2-4,6-7H2,1H3,(H2,27,28). The highest BCUT2D eigenvalue weighted by atomic mass is 15.3. The van der Waals surface area contributed by atoms with Crippen LogP contribution in [0.2, 0.25) is 0 Å². The van der Waals surface area contributed by atoms with Crippen molar-refractivity contribution in [3.63, 3.8) is 0 Å². The highest BCUT2D eigenvalue weighted by Gasteiger charge is 2.17. The Bertz CT molecular complexity index is 1080. The molecule has 3 aromatic rings. The predicted molar refractivity (Wildman–Crippen MR) is 125 cm³/mol. The van der Waals surface area contributed by atoms with Gasteiger partial charge in [-0.15, -0.1) is 0 Å². The fraction of sp³-hybridized carbons (Fsp3) is 0.269. The first-order valence-electron chi connectivity index (χ1n) is 10.6. The molecule has 0 aliphatic heterocycles. The molecule has 29 heavy (non-hydrogen) atoms. The molecule has 146 valence electrons. The van der Waals surface area contributed by atoms with E-state index in [1.54, 1.807) is 0 Å². The summed E-state index contributed by atoms with van der Waals surface area (Å²) in [5.74, 6) is 1.09. The van der Waals surface area contributed by atoms with E-state index in [-0.39, 0.29) is 0 Å². The summed E-state index contributed by atoms with van der Waals surface area (Å²) in [6, 6.07) is 19.3. The van der Waals surface area contributed by atoms with Crippen LogP contribution in [-0.2, 0) is 0 Å². The maximum Gasteiger partial charge on any atom is 0.199 e. The van der Waals surface area contributed by atoms with E-state index in [4.69, 9.17) is 5.41 Å². The topological polar surface area (TPSA) is 39.1 Å². The van der Waals surface area contributed by atoms with Gasteiger partial charge in [0.2, 0.25) is 0 Å². The maximum absolute atomic E-state index is 8.62. The molecule has 3 nitrogen and oxygen atoms in total. The van der Waals surface area contributed by atoms with E-state index in [1.165, 1.54) is 59.6 Å². The van der Waals surface area contributed by atoms with Crippen LogP contribution in [0.15, 0.2) is 54.6 Å². The van der Waals surface area contributed by atoms with Crippen molar-refractivity contribution in [2.75, 3.05) is 17.3 Å². The molecule has 3 heteroatoms. The molecule has 1 saturated carbocycles. The van der Waals surface area contributed by atoms with Gasteiger partial charge in [0, 0.05) is 18.1 Å². The zero-order valence-corrected chi connectivity index (χ0v) is 16.9. The van der Waals surface area contributed by atoms with Crippen molar-refractivity contribution in [1.29, 1.82) is 5.41 Å². The van der Waals surface area contributed by atoms with Crippen LogP contribution in [0.4, 0.5) is 11.4 Å².